The number of aryl methyl sites for hydroxylation is 2. The van der Waals surface area contributed by atoms with Crippen LogP contribution in [0, 0.1) is 6.92 Å². The van der Waals surface area contributed by atoms with Crippen LogP contribution in [0.5, 0.6) is 0 Å². The number of aliphatic hydroxyl groups is 1. The standard InChI is InChI=1S/C12H22BrN3O/c1-4-16-11(12(13)10(3)15-16)8-14-9(2)6-5-7-17/h9,14,17H,4-8H2,1-3H3. The summed E-state index contributed by atoms with van der Waals surface area (Å²) < 4.78 is 3.12. The van der Waals surface area contributed by atoms with E-state index in [1.807, 2.05) is 11.6 Å². The normalized spacial score (nSPS) is 13.0. The van der Waals surface area contributed by atoms with Crippen molar-refractivity contribution in [3.8, 4) is 0 Å². The third-order valence-electron chi connectivity index (χ3n) is 2.87. The number of nitrogens with zero attached hydrogens (tertiary/aromatic N) is 2. The number of hydrogen-bond donors (Lipinski definition) is 2. The molecule has 0 bridgehead atoms. The first-order chi connectivity index (χ1) is 8.10. The van der Waals surface area contributed by atoms with Gasteiger partial charge in [0.2, 0.25) is 0 Å². The van der Waals surface area contributed by atoms with Gasteiger partial charge in [0.25, 0.3) is 0 Å². The zero-order chi connectivity index (χ0) is 12.8. The molecule has 98 valence electrons. The van der Waals surface area contributed by atoms with E-state index in [9.17, 15) is 0 Å². The molecular formula is C12H22BrN3O. The van der Waals surface area contributed by atoms with E-state index < -0.39 is 0 Å². The van der Waals surface area contributed by atoms with E-state index in [0.29, 0.717) is 6.04 Å². The highest BCUT2D eigenvalue weighted by atomic mass is 79.9. The van der Waals surface area contributed by atoms with Crippen molar-refractivity contribution in [1.29, 1.82) is 0 Å². The molecule has 4 nitrogen and oxygen atoms in total. The van der Waals surface area contributed by atoms with Crippen LogP contribution in [0.3, 0.4) is 0 Å². The first-order valence-electron chi connectivity index (χ1n) is 6.16. The molecule has 0 saturated heterocycles. The van der Waals surface area contributed by atoms with Crippen molar-refractivity contribution in [2.75, 3.05) is 6.61 Å². The molecule has 0 radical (unpaired) electrons. The van der Waals surface area contributed by atoms with E-state index in [1.165, 1.54) is 5.69 Å². The zero-order valence-electron chi connectivity index (χ0n) is 10.8. The van der Waals surface area contributed by atoms with E-state index >= 15 is 0 Å². The van der Waals surface area contributed by atoms with Crippen molar-refractivity contribution in [2.24, 2.45) is 0 Å². The van der Waals surface area contributed by atoms with Gasteiger partial charge in [0.1, 0.15) is 0 Å². The third kappa shape index (κ3) is 4.08. The molecule has 2 N–H and O–H groups in total. The number of hydrogen-bond acceptors (Lipinski definition) is 3. The number of aromatic nitrogens is 2. The molecule has 1 heterocycles. The predicted octanol–water partition coefficient (Wildman–Crippen LogP) is 2.22. The topological polar surface area (TPSA) is 50.1 Å². The van der Waals surface area contributed by atoms with Crippen molar-refractivity contribution >= 4 is 15.9 Å². The summed E-state index contributed by atoms with van der Waals surface area (Å²) in [6.45, 7) is 8.20. The maximum absolute atomic E-state index is 8.78. The lowest BCUT2D eigenvalue weighted by Gasteiger charge is -2.14. The van der Waals surface area contributed by atoms with Gasteiger partial charge in [0.05, 0.1) is 15.9 Å². The SMILES string of the molecule is CCn1nc(C)c(Br)c1CNC(C)CCCO. The second-order valence-corrected chi connectivity index (χ2v) is 5.10. The average Bonchev–Trinajstić information content (AvgIpc) is 2.60. The Labute approximate surface area is 112 Å². The van der Waals surface area contributed by atoms with Crippen molar-refractivity contribution in [3.63, 3.8) is 0 Å². The quantitative estimate of drug-likeness (QED) is 0.812. The Bertz CT molecular complexity index is 352. The molecule has 0 amide bonds. The Morgan fingerprint density at radius 1 is 1.53 bits per heavy atom. The molecule has 0 aliphatic heterocycles. The van der Waals surface area contributed by atoms with Crippen molar-refractivity contribution in [2.45, 2.75) is 52.7 Å². The molecule has 1 aromatic heterocycles. The molecule has 0 saturated carbocycles. The van der Waals surface area contributed by atoms with Gasteiger partial charge in [-0.25, -0.2) is 0 Å². The minimum Gasteiger partial charge on any atom is -0.396 e. The first kappa shape index (κ1) is 14.7. The van der Waals surface area contributed by atoms with Gasteiger partial charge < -0.3 is 10.4 Å². The monoisotopic (exact) mass is 303 g/mol. The molecular weight excluding hydrogens is 282 g/mol. The number of nitrogens with one attached hydrogen (secondary N) is 1. The molecule has 0 aromatic carbocycles. The smallest absolute Gasteiger partial charge is 0.0739 e. The molecule has 1 unspecified atom stereocenters. The average molecular weight is 304 g/mol. The maximum atomic E-state index is 8.78. The summed E-state index contributed by atoms with van der Waals surface area (Å²) in [6.07, 6.45) is 1.84. The summed E-state index contributed by atoms with van der Waals surface area (Å²) in [7, 11) is 0. The Balaban J connectivity index is 2.56. The lowest BCUT2D eigenvalue weighted by Crippen LogP contribution is -2.27. The van der Waals surface area contributed by atoms with Crippen LogP contribution >= 0.6 is 15.9 Å². The number of halogens is 1. The van der Waals surface area contributed by atoms with E-state index in [1.54, 1.807) is 0 Å². The van der Waals surface area contributed by atoms with Gasteiger partial charge >= 0.3 is 0 Å². The maximum Gasteiger partial charge on any atom is 0.0739 e. The van der Waals surface area contributed by atoms with E-state index in [-0.39, 0.29) is 6.61 Å². The van der Waals surface area contributed by atoms with Crippen LogP contribution in [0.25, 0.3) is 0 Å². The van der Waals surface area contributed by atoms with Crippen molar-refractivity contribution in [1.82, 2.24) is 15.1 Å². The highest BCUT2D eigenvalue weighted by Crippen LogP contribution is 2.20. The Hall–Kier alpha value is -0.390. The highest BCUT2D eigenvalue weighted by molar-refractivity contribution is 9.10. The van der Waals surface area contributed by atoms with Crippen LogP contribution < -0.4 is 5.32 Å². The van der Waals surface area contributed by atoms with Crippen LogP contribution in [-0.4, -0.2) is 27.5 Å². The van der Waals surface area contributed by atoms with Crippen LogP contribution in [0.15, 0.2) is 4.47 Å². The fraction of sp³-hybridized carbons (Fsp3) is 0.750. The van der Waals surface area contributed by atoms with Crippen LogP contribution in [0.4, 0.5) is 0 Å². The minimum atomic E-state index is 0.266. The predicted molar refractivity (Wildman–Crippen MR) is 73.0 cm³/mol. The molecule has 0 aliphatic rings. The van der Waals surface area contributed by atoms with Crippen LogP contribution in [-0.2, 0) is 13.1 Å². The molecule has 0 fully saturated rings. The summed E-state index contributed by atoms with van der Waals surface area (Å²) in [6, 6.07) is 0.412. The van der Waals surface area contributed by atoms with Gasteiger partial charge in [-0.05, 0) is 49.5 Å². The zero-order valence-corrected chi connectivity index (χ0v) is 12.4. The van der Waals surface area contributed by atoms with E-state index in [4.69, 9.17) is 5.11 Å². The molecule has 1 rings (SSSR count). The van der Waals surface area contributed by atoms with Crippen molar-refractivity contribution < 1.29 is 5.11 Å². The lowest BCUT2D eigenvalue weighted by atomic mass is 10.2. The van der Waals surface area contributed by atoms with Crippen LogP contribution in [0.2, 0.25) is 0 Å². The lowest BCUT2D eigenvalue weighted by molar-refractivity contribution is 0.276. The Morgan fingerprint density at radius 3 is 2.82 bits per heavy atom. The molecule has 1 aromatic rings. The summed E-state index contributed by atoms with van der Waals surface area (Å²) in [5.74, 6) is 0. The van der Waals surface area contributed by atoms with Gasteiger partial charge in [0.15, 0.2) is 0 Å². The fourth-order valence-corrected chi connectivity index (χ4v) is 2.23. The van der Waals surface area contributed by atoms with Crippen LogP contribution in [0.1, 0.15) is 38.1 Å². The van der Waals surface area contributed by atoms with Gasteiger partial charge in [-0.2, -0.15) is 5.10 Å². The summed E-state index contributed by atoms with van der Waals surface area (Å²) >= 11 is 3.58. The molecule has 17 heavy (non-hydrogen) atoms. The second-order valence-electron chi connectivity index (χ2n) is 4.31. The van der Waals surface area contributed by atoms with E-state index in [0.717, 1.165) is 36.1 Å². The largest absolute Gasteiger partial charge is 0.396 e. The molecule has 0 spiro atoms. The van der Waals surface area contributed by atoms with Gasteiger partial charge in [0, 0.05) is 25.7 Å². The minimum absolute atomic E-state index is 0.266. The summed E-state index contributed by atoms with van der Waals surface area (Å²) in [5.41, 5.74) is 2.23. The Morgan fingerprint density at radius 2 is 2.24 bits per heavy atom. The second kappa shape index (κ2) is 7.13. The summed E-state index contributed by atoms with van der Waals surface area (Å²) in [4.78, 5) is 0. The Kier molecular flexibility index (Phi) is 6.16. The molecule has 5 heteroatoms. The first-order valence-corrected chi connectivity index (χ1v) is 6.95. The van der Waals surface area contributed by atoms with Gasteiger partial charge in [-0.3, -0.25) is 4.68 Å². The fourth-order valence-electron chi connectivity index (χ4n) is 1.81. The highest BCUT2D eigenvalue weighted by Gasteiger charge is 2.12. The summed E-state index contributed by atoms with van der Waals surface area (Å²) in [5, 5.41) is 16.7. The van der Waals surface area contributed by atoms with Crippen molar-refractivity contribution in [3.05, 3.63) is 15.9 Å². The molecule has 1 atom stereocenters. The van der Waals surface area contributed by atoms with E-state index in [2.05, 4.69) is 40.2 Å². The molecule has 0 aliphatic carbocycles. The number of aliphatic hydroxyl groups excluding tert-OH is 1. The van der Waals surface area contributed by atoms with Gasteiger partial charge in [-0.15, -0.1) is 0 Å². The number of rotatable bonds is 7. The third-order valence-corrected chi connectivity index (χ3v) is 3.90. The van der Waals surface area contributed by atoms with Gasteiger partial charge in [-0.1, -0.05) is 0 Å².